The van der Waals surface area contributed by atoms with Gasteiger partial charge in [-0.3, -0.25) is 14.4 Å². The van der Waals surface area contributed by atoms with Crippen molar-refractivity contribution in [1.29, 1.82) is 0 Å². The maximum absolute atomic E-state index is 12.8. The summed E-state index contributed by atoms with van der Waals surface area (Å²) in [6.45, 7) is 5.99. The van der Waals surface area contributed by atoms with E-state index in [-0.39, 0.29) is 35.8 Å². The first kappa shape index (κ1) is 18.6. The number of hydrogen-bond donors (Lipinski definition) is 0. The van der Waals surface area contributed by atoms with Gasteiger partial charge in [0.1, 0.15) is 6.26 Å². The standard InChI is InChI=1S/C21H26O5/c1-13-5-6-16-17(9-15(22)10-21(16,3)19(24)25-4)20(13,2)11-18(23)14-7-8-26-12-14/h7-9,12-13,16H,5-6,10-11H2,1-4H3/t13-,16?,20+,21+/m1/s1. The largest absolute Gasteiger partial charge is 0.472 e. The van der Waals surface area contributed by atoms with E-state index in [0.717, 1.165) is 18.4 Å². The van der Waals surface area contributed by atoms with Crippen LogP contribution in [0, 0.1) is 22.7 Å². The van der Waals surface area contributed by atoms with Gasteiger partial charge in [0.05, 0.1) is 24.4 Å². The zero-order valence-corrected chi connectivity index (χ0v) is 15.8. The van der Waals surface area contributed by atoms with Crippen molar-refractivity contribution in [2.45, 2.75) is 46.5 Å². The molecule has 0 N–H and O–H groups in total. The van der Waals surface area contributed by atoms with Gasteiger partial charge in [-0.15, -0.1) is 0 Å². The van der Waals surface area contributed by atoms with Gasteiger partial charge in [0.25, 0.3) is 0 Å². The fourth-order valence-electron chi connectivity index (χ4n) is 4.79. The summed E-state index contributed by atoms with van der Waals surface area (Å²) < 4.78 is 10.1. The van der Waals surface area contributed by atoms with Gasteiger partial charge in [0.2, 0.25) is 0 Å². The first-order chi connectivity index (χ1) is 12.2. The Morgan fingerprint density at radius 3 is 2.65 bits per heavy atom. The number of carbonyl (C=O) groups is 3. The number of ketones is 2. The number of hydrogen-bond acceptors (Lipinski definition) is 5. The van der Waals surface area contributed by atoms with E-state index >= 15 is 0 Å². The van der Waals surface area contributed by atoms with Gasteiger partial charge in [-0.1, -0.05) is 19.4 Å². The number of methoxy groups -OCH3 is 1. The SMILES string of the molecule is COC(=O)[C@@]1(C)CC(=O)C=C2C1CC[C@@H](C)[C@]2(C)CC(=O)c1ccoc1. The molecule has 0 radical (unpaired) electrons. The van der Waals surface area contributed by atoms with Crippen molar-refractivity contribution < 1.29 is 23.5 Å². The second kappa shape index (κ2) is 6.53. The predicted molar refractivity (Wildman–Crippen MR) is 95.5 cm³/mol. The molecule has 0 bridgehead atoms. The maximum atomic E-state index is 12.8. The second-order valence-corrected chi connectivity index (χ2v) is 8.21. The first-order valence-corrected chi connectivity index (χ1v) is 9.11. The van der Waals surface area contributed by atoms with Crippen molar-refractivity contribution in [1.82, 2.24) is 0 Å². The molecule has 5 heteroatoms. The molecule has 2 aliphatic rings. The van der Waals surface area contributed by atoms with E-state index in [9.17, 15) is 14.4 Å². The summed E-state index contributed by atoms with van der Waals surface area (Å²) in [5.41, 5.74) is 0.134. The minimum atomic E-state index is -0.865. The molecule has 1 heterocycles. The predicted octanol–water partition coefficient (Wildman–Crippen LogP) is 3.98. The van der Waals surface area contributed by atoms with E-state index in [1.54, 1.807) is 12.1 Å². The average Bonchev–Trinajstić information content (AvgIpc) is 3.12. The zero-order chi connectivity index (χ0) is 19.1. The van der Waals surface area contributed by atoms with Crippen LogP contribution in [-0.2, 0) is 14.3 Å². The fraction of sp³-hybridized carbons (Fsp3) is 0.571. The minimum Gasteiger partial charge on any atom is -0.472 e. The summed E-state index contributed by atoms with van der Waals surface area (Å²) in [7, 11) is 1.36. The Bertz CT molecular complexity index is 759. The Morgan fingerprint density at radius 2 is 2.04 bits per heavy atom. The Kier molecular flexibility index (Phi) is 4.67. The molecule has 0 saturated heterocycles. The summed E-state index contributed by atoms with van der Waals surface area (Å²) in [6.07, 6.45) is 6.80. The Morgan fingerprint density at radius 1 is 1.31 bits per heavy atom. The third-order valence-electron chi connectivity index (χ3n) is 6.66. The van der Waals surface area contributed by atoms with Crippen LogP contribution in [0.2, 0.25) is 0 Å². The van der Waals surface area contributed by atoms with Crippen LogP contribution in [0.3, 0.4) is 0 Å². The zero-order valence-electron chi connectivity index (χ0n) is 15.8. The number of ether oxygens (including phenoxy) is 1. The van der Waals surface area contributed by atoms with Crippen LogP contribution < -0.4 is 0 Å². The minimum absolute atomic E-state index is 0.00700. The Labute approximate surface area is 153 Å². The monoisotopic (exact) mass is 358 g/mol. The summed E-state index contributed by atoms with van der Waals surface area (Å²) >= 11 is 0. The topological polar surface area (TPSA) is 73.6 Å². The highest BCUT2D eigenvalue weighted by molar-refractivity contribution is 5.98. The molecule has 0 aliphatic heterocycles. The van der Waals surface area contributed by atoms with E-state index in [0.29, 0.717) is 12.0 Å². The van der Waals surface area contributed by atoms with Gasteiger partial charge in [-0.25, -0.2) is 0 Å². The van der Waals surface area contributed by atoms with Gasteiger partial charge in [-0.2, -0.15) is 0 Å². The summed E-state index contributed by atoms with van der Waals surface area (Å²) in [5, 5.41) is 0. The molecule has 1 aromatic rings. The van der Waals surface area contributed by atoms with E-state index in [4.69, 9.17) is 9.15 Å². The molecule has 1 fully saturated rings. The lowest BCUT2D eigenvalue weighted by molar-refractivity contribution is -0.158. The maximum Gasteiger partial charge on any atom is 0.312 e. The molecule has 1 aromatic heterocycles. The molecule has 0 spiro atoms. The molecule has 26 heavy (non-hydrogen) atoms. The molecule has 3 rings (SSSR count). The lowest BCUT2D eigenvalue weighted by Gasteiger charge is -2.52. The molecule has 140 valence electrons. The first-order valence-electron chi connectivity index (χ1n) is 9.11. The highest BCUT2D eigenvalue weighted by atomic mass is 16.5. The van der Waals surface area contributed by atoms with Gasteiger partial charge in [0, 0.05) is 12.8 Å². The molecule has 1 unspecified atom stereocenters. The van der Waals surface area contributed by atoms with Crippen LogP contribution in [0.4, 0.5) is 0 Å². The number of rotatable bonds is 4. The normalized spacial score (nSPS) is 34.0. The smallest absolute Gasteiger partial charge is 0.312 e. The quantitative estimate of drug-likeness (QED) is 0.601. The summed E-state index contributed by atoms with van der Waals surface area (Å²) in [6, 6.07) is 1.66. The van der Waals surface area contributed by atoms with Crippen molar-refractivity contribution in [2.75, 3.05) is 7.11 Å². The van der Waals surface area contributed by atoms with E-state index in [1.165, 1.54) is 19.6 Å². The molecule has 0 aromatic carbocycles. The van der Waals surface area contributed by atoms with E-state index in [2.05, 4.69) is 6.92 Å². The van der Waals surface area contributed by atoms with Crippen LogP contribution in [0.25, 0.3) is 0 Å². The lowest BCUT2D eigenvalue weighted by atomic mass is 9.51. The lowest BCUT2D eigenvalue weighted by Crippen LogP contribution is -2.49. The number of esters is 1. The fourth-order valence-corrected chi connectivity index (χ4v) is 4.79. The molecule has 0 amide bonds. The van der Waals surface area contributed by atoms with Crippen LogP contribution >= 0.6 is 0 Å². The van der Waals surface area contributed by atoms with Crippen LogP contribution in [0.5, 0.6) is 0 Å². The molecular weight excluding hydrogens is 332 g/mol. The van der Waals surface area contributed by atoms with Gasteiger partial charge in [-0.05, 0) is 49.2 Å². The molecule has 4 atom stereocenters. The van der Waals surface area contributed by atoms with Crippen LogP contribution in [-0.4, -0.2) is 24.6 Å². The van der Waals surface area contributed by atoms with Crippen molar-refractivity contribution in [2.24, 2.45) is 22.7 Å². The summed E-state index contributed by atoms with van der Waals surface area (Å²) in [4.78, 5) is 37.8. The van der Waals surface area contributed by atoms with E-state index < -0.39 is 10.8 Å². The third-order valence-corrected chi connectivity index (χ3v) is 6.66. The van der Waals surface area contributed by atoms with Crippen molar-refractivity contribution in [3.05, 3.63) is 35.8 Å². The Balaban J connectivity index is 2.01. The molecule has 5 nitrogen and oxygen atoms in total. The van der Waals surface area contributed by atoms with Gasteiger partial charge >= 0.3 is 5.97 Å². The van der Waals surface area contributed by atoms with E-state index in [1.807, 2.05) is 13.8 Å². The average molecular weight is 358 g/mol. The number of allylic oxidation sites excluding steroid dienone is 2. The second-order valence-electron chi connectivity index (χ2n) is 8.21. The highest BCUT2D eigenvalue weighted by Gasteiger charge is 2.55. The molecule has 1 saturated carbocycles. The highest BCUT2D eigenvalue weighted by Crippen LogP contribution is 2.57. The van der Waals surface area contributed by atoms with Crippen LogP contribution in [0.15, 0.2) is 34.7 Å². The Hall–Kier alpha value is -2.17. The molecular formula is C21H26O5. The van der Waals surface area contributed by atoms with Gasteiger partial charge < -0.3 is 9.15 Å². The number of carbonyl (C=O) groups excluding carboxylic acids is 3. The summed E-state index contributed by atoms with van der Waals surface area (Å²) in [5.74, 6) is -0.271. The van der Waals surface area contributed by atoms with Gasteiger partial charge in [0.15, 0.2) is 11.6 Å². The molecule has 2 aliphatic carbocycles. The van der Waals surface area contributed by atoms with Crippen molar-refractivity contribution >= 4 is 17.5 Å². The van der Waals surface area contributed by atoms with Crippen LogP contribution in [0.1, 0.15) is 56.8 Å². The number of Topliss-reactive ketones (excluding diaryl/α,β-unsaturated/α-hetero) is 1. The number of fused-ring (bicyclic) bond motifs is 1. The van der Waals surface area contributed by atoms with Crippen molar-refractivity contribution in [3.8, 4) is 0 Å². The van der Waals surface area contributed by atoms with Crippen molar-refractivity contribution in [3.63, 3.8) is 0 Å². The number of furan rings is 1. The third kappa shape index (κ3) is 2.83.